The Morgan fingerprint density at radius 1 is 0.706 bits per heavy atom. The summed E-state index contributed by atoms with van der Waals surface area (Å²) in [6.07, 6.45) is 23.5. The molecule has 1 aromatic heterocycles. The van der Waals surface area contributed by atoms with Gasteiger partial charge in [0.15, 0.2) is 0 Å². The Bertz CT molecular complexity index is 2580. The lowest BCUT2D eigenvalue weighted by molar-refractivity contribution is 0.491. The molecule has 0 saturated carbocycles. The minimum atomic E-state index is -0.101. The molecule has 0 fully saturated rings. The zero-order chi connectivity index (χ0) is 33.9. The van der Waals surface area contributed by atoms with Crippen LogP contribution in [0.3, 0.4) is 0 Å². The quantitative estimate of drug-likeness (QED) is 0.192. The summed E-state index contributed by atoms with van der Waals surface area (Å²) >= 11 is 0. The smallest absolute Gasteiger partial charge is 0.136 e. The van der Waals surface area contributed by atoms with E-state index in [0.29, 0.717) is 0 Å². The molecule has 3 heteroatoms. The van der Waals surface area contributed by atoms with Crippen LogP contribution in [0.4, 0.5) is 0 Å². The van der Waals surface area contributed by atoms with Crippen LogP contribution in [-0.4, -0.2) is 9.97 Å². The zero-order valence-corrected chi connectivity index (χ0v) is 28.5. The molecule has 3 nitrogen and oxygen atoms in total. The van der Waals surface area contributed by atoms with Gasteiger partial charge in [-0.1, -0.05) is 153 Å². The summed E-state index contributed by atoms with van der Waals surface area (Å²) in [6.45, 7) is 2.36. The number of benzene rings is 5. The van der Waals surface area contributed by atoms with Gasteiger partial charge in [0.25, 0.3) is 0 Å². The maximum absolute atomic E-state index is 5.45. The van der Waals surface area contributed by atoms with E-state index in [-0.39, 0.29) is 23.3 Å². The third kappa shape index (κ3) is 4.87. The number of allylic oxidation sites excluding steroid dienone is 7. The number of nitrogens with zero attached hydrogens (tertiary/aromatic N) is 2. The molecule has 1 aliphatic heterocycles. The van der Waals surface area contributed by atoms with Gasteiger partial charge >= 0.3 is 0 Å². The molecule has 4 aliphatic rings. The second kappa shape index (κ2) is 11.8. The van der Waals surface area contributed by atoms with Crippen LogP contribution in [0.1, 0.15) is 59.1 Å². The zero-order valence-electron chi connectivity index (χ0n) is 28.5. The van der Waals surface area contributed by atoms with Crippen LogP contribution in [0.15, 0.2) is 170 Å². The Kier molecular flexibility index (Phi) is 6.89. The second-order valence-electron chi connectivity index (χ2n) is 14.3. The van der Waals surface area contributed by atoms with Gasteiger partial charge in [0.1, 0.15) is 5.82 Å². The van der Waals surface area contributed by atoms with Crippen molar-refractivity contribution in [3.05, 3.63) is 203 Å². The van der Waals surface area contributed by atoms with E-state index in [1.54, 1.807) is 0 Å². The Balaban J connectivity index is 1.13. The molecule has 0 amide bonds. The first-order chi connectivity index (χ1) is 25.1. The molecule has 10 rings (SSSR count). The molecule has 4 atom stereocenters. The molecule has 0 radical (unpaired) electrons. The van der Waals surface area contributed by atoms with Crippen molar-refractivity contribution in [1.29, 1.82) is 0 Å². The highest BCUT2D eigenvalue weighted by atomic mass is 14.9. The minimum Gasteiger partial charge on any atom is -0.380 e. The molecule has 2 heterocycles. The lowest BCUT2D eigenvalue weighted by Crippen LogP contribution is -2.33. The number of fused-ring (bicyclic) bond motifs is 7. The van der Waals surface area contributed by atoms with E-state index in [1.165, 1.54) is 54.9 Å². The summed E-state index contributed by atoms with van der Waals surface area (Å²) in [5.74, 6) is 1.14. The average Bonchev–Trinajstić information content (AvgIpc) is 3.20. The number of aromatic nitrogens is 2. The van der Waals surface area contributed by atoms with E-state index in [2.05, 4.69) is 182 Å². The van der Waals surface area contributed by atoms with Gasteiger partial charge in [0.05, 0.1) is 17.4 Å². The van der Waals surface area contributed by atoms with E-state index < -0.39 is 0 Å². The van der Waals surface area contributed by atoms with Crippen molar-refractivity contribution in [2.75, 3.05) is 0 Å². The number of hydrogen-bond acceptors (Lipinski definition) is 3. The van der Waals surface area contributed by atoms with Crippen molar-refractivity contribution >= 4 is 33.2 Å². The fourth-order valence-corrected chi connectivity index (χ4v) is 8.67. The molecule has 51 heavy (non-hydrogen) atoms. The lowest BCUT2D eigenvalue weighted by Gasteiger charge is -2.40. The highest BCUT2D eigenvalue weighted by Crippen LogP contribution is 2.48. The van der Waals surface area contributed by atoms with Crippen molar-refractivity contribution in [3.63, 3.8) is 0 Å². The molecular weight excluding hydrogens is 619 g/mol. The van der Waals surface area contributed by atoms with Crippen LogP contribution in [-0.2, 0) is 5.41 Å². The molecule has 5 aromatic carbocycles. The third-order valence-corrected chi connectivity index (χ3v) is 11.4. The van der Waals surface area contributed by atoms with E-state index in [9.17, 15) is 0 Å². The summed E-state index contributed by atoms with van der Waals surface area (Å²) in [5, 5.41) is 8.51. The van der Waals surface area contributed by atoms with Crippen LogP contribution in [0.2, 0.25) is 0 Å². The molecule has 1 N–H and O–H groups in total. The van der Waals surface area contributed by atoms with E-state index in [0.717, 1.165) is 29.2 Å². The largest absolute Gasteiger partial charge is 0.380 e. The van der Waals surface area contributed by atoms with Gasteiger partial charge in [-0.2, -0.15) is 0 Å². The monoisotopic (exact) mass is 655 g/mol. The Hall–Kier alpha value is -6.06. The number of hydrogen-bond donors (Lipinski definition) is 1. The lowest BCUT2D eigenvalue weighted by atomic mass is 9.63. The summed E-state index contributed by atoms with van der Waals surface area (Å²) in [6, 6.07) is 39.6. The molecular formula is C48H37N3. The maximum atomic E-state index is 5.45. The summed E-state index contributed by atoms with van der Waals surface area (Å²) < 4.78 is 0. The Labute approximate surface area is 298 Å². The predicted octanol–water partition coefficient (Wildman–Crippen LogP) is 11.2. The van der Waals surface area contributed by atoms with Crippen LogP contribution in [0, 0.1) is 5.92 Å². The first-order valence-corrected chi connectivity index (χ1v) is 18.0. The average molecular weight is 656 g/mol. The molecule has 0 spiro atoms. The fourth-order valence-electron chi connectivity index (χ4n) is 8.67. The Morgan fingerprint density at radius 2 is 1.49 bits per heavy atom. The SMILES string of the molecule is CC12C=CC=CC1C=C(c1cc(-c3cc4ccccc4c4ccccc34)nc(C3C=CC(C4NC=Cc5ccccc54)=CC3)n1)c1ccccc12. The molecule has 6 aromatic rings. The van der Waals surface area contributed by atoms with E-state index in [1.807, 2.05) is 0 Å². The fraction of sp³-hybridized carbons (Fsp3) is 0.125. The highest BCUT2D eigenvalue weighted by molar-refractivity contribution is 6.13. The summed E-state index contributed by atoms with van der Waals surface area (Å²) in [4.78, 5) is 10.9. The van der Waals surface area contributed by atoms with Gasteiger partial charge in [-0.3, -0.25) is 0 Å². The number of rotatable bonds is 4. The summed E-state index contributed by atoms with van der Waals surface area (Å²) in [5.41, 5.74) is 10.6. The number of nitrogens with one attached hydrogen (secondary N) is 1. The van der Waals surface area contributed by atoms with Gasteiger partial charge in [-0.15, -0.1) is 0 Å². The van der Waals surface area contributed by atoms with Gasteiger partial charge < -0.3 is 5.32 Å². The van der Waals surface area contributed by atoms with E-state index >= 15 is 0 Å². The van der Waals surface area contributed by atoms with Gasteiger partial charge in [-0.25, -0.2) is 9.97 Å². The van der Waals surface area contributed by atoms with Crippen molar-refractivity contribution in [1.82, 2.24) is 15.3 Å². The maximum Gasteiger partial charge on any atom is 0.136 e. The molecule has 244 valence electrons. The minimum absolute atomic E-state index is 0.0516. The standard InChI is InChI=1S/C48H37N3/c1-48-26-11-10-14-35(48)29-42(40-19-8-9-20-43(40)48)45-30-44(41-28-34-13-3-4-15-36(34)38-17-6-7-18-39(38)41)50-47(51-45)33-23-21-32(22-24-33)46-37-16-5-2-12-31(37)25-27-49-46/h2-23,25-30,33,35,46,49H,24H2,1H3. The van der Waals surface area contributed by atoms with Crippen molar-refractivity contribution < 1.29 is 0 Å². The van der Waals surface area contributed by atoms with Crippen LogP contribution >= 0.6 is 0 Å². The molecule has 0 bridgehead atoms. The first-order valence-electron chi connectivity index (χ1n) is 18.0. The van der Waals surface area contributed by atoms with E-state index in [4.69, 9.17) is 9.97 Å². The molecule has 4 unspecified atom stereocenters. The molecule has 3 aliphatic carbocycles. The topological polar surface area (TPSA) is 37.8 Å². The van der Waals surface area contributed by atoms with Crippen molar-refractivity contribution in [3.8, 4) is 11.3 Å². The first kappa shape index (κ1) is 29.8. The second-order valence-corrected chi connectivity index (χ2v) is 14.3. The normalized spacial score (nSPS) is 22.9. The van der Waals surface area contributed by atoms with Gasteiger partial charge in [-0.05, 0) is 80.2 Å². The molecule has 0 saturated heterocycles. The Morgan fingerprint density at radius 3 is 2.39 bits per heavy atom. The predicted molar refractivity (Wildman–Crippen MR) is 211 cm³/mol. The van der Waals surface area contributed by atoms with Gasteiger partial charge in [0, 0.05) is 28.4 Å². The van der Waals surface area contributed by atoms with Crippen molar-refractivity contribution in [2.45, 2.75) is 30.7 Å². The van der Waals surface area contributed by atoms with Crippen LogP contribution in [0.25, 0.3) is 44.5 Å². The summed E-state index contributed by atoms with van der Waals surface area (Å²) in [7, 11) is 0. The van der Waals surface area contributed by atoms with Crippen LogP contribution in [0.5, 0.6) is 0 Å². The highest BCUT2D eigenvalue weighted by Gasteiger charge is 2.38. The van der Waals surface area contributed by atoms with Crippen LogP contribution < -0.4 is 5.32 Å². The van der Waals surface area contributed by atoms with Crippen molar-refractivity contribution in [2.24, 2.45) is 5.92 Å². The third-order valence-electron chi connectivity index (χ3n) is 11.4. The van der Waals surface area contributed by atoms with Gasteiger partial charge in [0.2, 0.25) is 0 Å².